The second-order valence-electron chi connectivity index (χ2n) is 5.89. The van der Waals surface area contributed by atoms with E-state index < -0.39 is 8.07 Å². The van der Waals surface area contributed by atoms with Gasteiger partial charge in [0.25, 0.3) is 0 Å². The number of nitrogens with zero attached hydrogens (tertiary/aromatic N) is 2. The van der Waals surface area contributed by atoms with E-state index in [0.717, 1.165) is 11.4 Å². The Balaban J connectivity index is 2.09. The van der Waals surface area contributed by atoms with Gasteiger partial charge in [0.2, 0.25) is 0 Å². The van der Waals surface area contributed by atoms with Gasteiger partial charge in [-0.25, -0.2) is 4.98 Å². The van der Waals surface area contributed by atoms with Gasteiger partial charge in [0.05, 0.1) is 8.07 Å². The zero-order valence-corrected chi connectivity index (χ0v) is 13.1. The van der Waals surface area contributed by atoms with Gasteiger partial charge in [-0.2, -0.15) is 0 Å². The van der Waals surface area contributed by atoms with Gasteiger partial charge < -0.3 is 9.30 Å². The molecule has 0 aliphatic carbocycles. The van der Waals surface area contributed by atoms with Gasteiger partial charge >= 0.3 is 0 Å². The molecule has 0 N–H and O–H groups in total. The molecule has 0 amide bonds. The van der Waals surface area contributed by atoms with Gasteiger partial charge in [0.15, 0.2) is 0 Å². The van der Waals surface area contributed by atoms with Crippen molar-refractivity contribution in [2.75, 3.05) is 0 Å². The summed E-state index contributed by atoms with van der Waals surface area (Å²) in [5, 5.41) is 0. The van der Waals surface area contributed by atoms with E-state index in [0.29, 0.717) is 12.5 Å². The Labute approximate surface area is 116 Å². The molecule has 0 fully saturated rings. The van der Waals surface area contributed by atoms with E-state index in [2.05, 4.69) is 48.2 Å². The van der Waals surface area contributed by atoms with Crippen LogP contribution in [0.4, 0.5) is 0 Å². The van der Waals surface area contributed by atoms with Crippen molar-refractivity contribution in [3.05, 3.63) is 42.7 Å². The summed E-state index contributed by atoms with van der Waals surface area (Å²) in [5.41, 5.74) is 1.45. The molecule has 0 bridgehead atoms. The molecule has 1 aromatic heterocycles. The van der Waals surface area contributed by atoms with Crippen LogP contribution < -0.4 is 0 Å². The van der Waals surface area contributed by atoms with Gasteiger partial charge in [-0.15, -0.1) is 0 Å². The molecule has 2 aromatic rings. The minimum Gasteiger partial charge on any atom is -0.361 e. The zero-order chi connectivity index (χ0) is 13.9. The molecule has 1 heterocycles. The van der Waals surface area contributed by atoms with Crippen LogP contribution in [0.1, 0.15) is 6.92 Å². The maximum Gasteiger partial charge on any atom is 0.141 e. The maximum atomic E-state index is 6.00. The number of benzene rings is 1. The number of hydrogen-bond donors (Lipinski definition) is 0. The number of rotatable bonds is 5. The molecule has 1 aromatic carbocycles. The third-order valence-electron chi connectivity index (χ3n) is 3.43. The largest absolute Gasteiger partial charge is 0.361 e. The quantitative estimate of drug-likeness (QED) is 0.776. The van der Waals surface area contributed by atoms with E-state index >= 15 is 0 Å². The summed E-state index contributed by atoms with van der Waals surface area (Å²) in [5.74, 6) is 0.961. The molecule has 19 heavy (non-hydrogen) atoms. The molecular formula is C15H22N2OSi. The van der Waals surface area contributed by atoms with Crippen LogP contribution in [-0.4, -0.2) is 23.4 Å². The lowest BCUT2D eigenvalue weighted by Gasteiger charge is -2.25. The van der Waals surface area contributed by atoms with Gasteiger partial charge in [-0.3, -0.25) is 0 Å². The van der Waals surface area contributed by atoms with Gasteiger partial charge in [-0.05, 0) is 6.92 Å². The molecule has 1 unspecified atom stereocenters. The van der Waals surface area contributed by atoms with Crippen LogP contribution in [0.15, 0.2) is 42.7 Å². The van der Waals surface area contributed by atoms with Crippen LogP contribution in [0.2, 0.25) is 19.6 Å². The number of imidazole rings is 1. The molecule has 0 aliphatic heterocycles. The number of hydrogen-bond acceptors (Lipinski definition) is 2. The maximum absolute atomic E-state index is 6.00. The summed E-state index contributed by atoms with van der Waals surface area (Å²) >= 11 is 0. The topological polar surface area (TPSA) is 27.1 Å². The van der Waals surface area contributed by atoms with E-state index in [-0.39, 0.29) is 0 Å². The highest BCUT2D eigenvalue weighted by Crippen LogP contribution is 2.18. The van der Waals surface area contributed by atoms with Crippen LogP contribution >= 0.6 is 0 Å². The first-order valence-electron chi connectivity index (χ1n) is 6.66. The average molecular weight is 274 g/mol. The van der Waals surface area contributed by atoms with Gasteiger partial charge in [-0.1, -0.05) is 50.0 Å². The number of ether oxygens (including phenoxy) is 1. The van der Waals surface area contributed by atoms with Crippen molar-refractivity contribution < 1.29 is 4.74 Å². The minimum absolute atomic E-state index is 0.332. The van der Waals surface area contributed by atoms with Crippen LogP contribution in [0, 0.1) is 0 Å². The molecule has 3 nitrogen and oxygen atoms in total. The first-order valence-corrected chi connectivity index (χ1v) is 10.2. The Morgan fingerprint density at radius 1 is 1.21 bits per heavy atom. The van der Waals surface area contributed by atoms with E-state index in [1.807, 2.05) is 30.6 Å². The predicted molar refractivity (Wildman–Crippen MR) is 81.6 cm³/mol. The first kappa shape index (κ1) is 14.0. The summed E-state index contributed by atoms with van der Waals surface area (Å²) in [6.45, 7) is 9.71. The zero-order valence-electron chi connectivity index (χ0n) is 12.1. The fourth-order valence-corrected chi connectivity index (χ4v) is 2.28. The lowest BCUT2D eigenvalue weighted by Crippen LogP contribution is -2.38. The third kappa shape index (κ3) is 3.55. The Morgan fingerprint density at radius 3 is 2.53 bits per heavy atom. The summed E-state index contributed by atoms with van der Waals surface area (Å²) in [6, 6.07) is 10.2. The summed E-state index contributed by atoms with van der Waals surface area (Å²) in [6.07, 6.45) is 3.80. The van der Waals surface area contributed by atoms with Crippen molar-refractivity contribution in [2.24, 2.45) is 0 Å². The lowest BCUT2D eigenvalue weighted by atomic mass is 10.2. The summed E-state index contributed by atoms with van der Waals surface area (Å²) in [7, 11) is -1.25. The van der Waals surface area contributed by atoms with Gasteiger partial charge in [0.1, 0.15) is 12.6 Å². The normalized spacial score (nSPS) is 13.5. The molecule has 0 spiro atoms. The Kier molecular flexibility index (Phi) is 4.22. The molecule has 0 saturated heterocycles. The molecule has 102 valence electrons. The van der Waals surface area contributed by atoms with Crippen molar-refractivity contribution in [2.45, 2.75) is 39.0 Å². The van der Waals surface area contributed by atoms with Crippen LogP contribution in [0.25, 0.3) is 11.4 Å². The third-order valence-corrected chi connectivity index (χ3v) is 6.04. The van der Waals surface area contributed by atoms with Crippen LogP contribution in [0.5, 0.6) is 0 Å². The molecular weight excluding hydrogens is 252 g/mol. The molecule has 0 saturated carbocycles. The smallest absolute Gasteiger partial charge is 0.141 e. The molecule has 0 radical (unpaired) electrons. The van der Waals surface area contributed by atoms with Crippen molar-refractivity contribution in [3.63, 3.8) is 0 Å². The minimum atomic E-state index is -1.25. The molecule has 2 rings (SSSR count). The van der Waals surface area contributed by atoms with E-state index in [1.165, 1.54) is 0 Å². The standard InChI is InChI=1S/C15H22N2OSi/c1-13(19(2,3)4)18-12-17-11-10-16-15(17)14-8-6-5-7-9-14/h5-11,13H,12H2,1-4H3. The molecule has 1 atom stereocenters. The first-order chi connectivity index (χ1) is 8.98. The summed E-state index contributed by atoms with van der Waals surface area (Å²) in [4.78, 5) is 4.42. The fraction of sp³-hybridized carbons (Fsp3) is 0.400. The molecule has 4 heteroatoms. The van der Waals surface area contributed by atoms with Crippen molar-refractivity contribution in [1.29, 1.82) is 0 Å². The van der Waals surface area contributed by atoms with Crippen molar-refractivity contribution >= 4 is 8.07 Å². The van der Waals surface area contributed by atoms with Gasteiger partial charge in [0, 0.05) is 23.7 Å². The lowest BCUT2D eigenvalue weighted by molar-refractivity contribution is 0.0575. The Bertz CT molecular complexity index is 516. The van der Waals surface area contributed by atoms with Crippen molar-refractivity contribution in [3.8, 4) is 11.4 Å². The summed E-state index contributed by atoms with van der Waals surface area (Å²) < 4.78 is 8.06. The highest BCUT2D eigenvalue weighted by atomic mass is 28.3. The predicted octanol–water partition coefficient (Wildman–Crippen LogP) is 3.79. The molecule has 0 aliphatic rings. The second-order valence-corrected chi connectivity index (χ2v) is 11.4. The van der Waals surface area contributed by atoms with E-state index in [9.17, 15) is 0 Å². The Hall–Kier alpha value is -1.39. The van der Waals surface area contributed by atoms with Crippen molar-refractivity contribution in [1.82, 2.24) is 9.55 Å². The number of aromatic nitrogens is 2. The fourth-order valence-electron chi connectivity index (χ4n) is 1.70. The van der Waals surface area contributed by atoms with Crippen LogP contribution in [-0.2, 0) is 11.5 Å². The monoisotopic (exact) mass is 274 g/mol. The highest BCUT2D eigenvalue weighted by Gasteiger charge is 2.23. The van der Waals surface area contributed by atoms with E-state index in [1.54, 1.807) is 0 Å². The van der Waals surface area contributed by atoms with E-state index in [4.69, 9.17) is 4.74 Å². The Morgan fingerprint density at radius 2 is 1.89 bits per heavy atom. The van der Waals surface area contributed by atoms with Crippen LogP contribution in [0.3, 0.4) is 0 Å². The second kappa shape index (κ2) is 5.71. The SMILES string of the molecule is CC(OCn1ccnc1-c1ccccc1)[Si](C)(C)C. The average Bonchev–Trinajstić information content (AvgIpc) is 2.84. The highest BCUT2D eigenvalue weighted by molar-refractivity contribution is 6.77.